The summed E-state index contributed by atoms with van der Waals surface area (Å²) in [6.07, 6.45) is 2.23. The van der Waals surface area contributed by atoms with Gasteiger partial charge in [-0.25, -0.2) is 4.21 Å². The third kappa shape index (κ3) is 3.61. The molecule has 0 saturated heterocycles. The molecule has 0 saturated carbocycles. The van der Waals surface area contributed by atoms with Gasteiger partial charge in [-0.3, -0.25) is 5.32 Å². The van der Waals surface area contributed by atoms with Crippen molar-refractivity contribution in [3.63, 3.8) is 0 Å². The molecular weight excluding hydrogens is 206 g/mol. The summed E-state index contributed by atoms with van der Waals surface area (Å²) >= 11 is 0.543. The van der Waals surface area contributed by atoms with Gasteiger partial charge in [-0.2, -0.15) is 0 Å². The lowest BCUT2D eigenvalue weighted by Crippen LogP contribution is -2.26. The van der Waals surface area contributed by atoms with Crippen molar-refractivity contribution in [2.45, 2.75) is 26.7 Å². The first kappa shape index (κ1) is 12.1. The first-order valence-corrected chi connectivity index (χ1v) is 6.00. The van der Waals surface area contributed by atoms with Crippen LogP contribution in [0, 0.1) is 6.92 Å². The average molecular weight is 223 g/mol. The Morgan fingerprint density at radius 1 is 1.40 bits per heavy atom. The summed E-state index contributed by atoms with van der Waals surface area (Å²) in [4.78, 5) is 0.738. The zero-order chi connectivity index (χ0) is 11.1. The van der Waals surface area contributed by atoms with Gasteiger partial charge in [0.25, 0.3) is 0 Å². The third-order valence-corrected chi connectivity index (χ3v) is 2.82. The van der Waals surface area contributed by atoms with Gasteiger partial charge in [0.05, 0.1) is 0 Å². The second kappa shape index (κ2) is 6.53. The highest BCUT2D eigenvalue weighted by molar-refractivity contribution is 7.66. The molecule has 1 aromatic carbocycles. The van der Waals surface area contributed by atoms with Crippen molar-refractivity contribution < 1.29 is 4.21 Å². The van der Waals surface area contributed by atoms with Gasteiger partial charge in [0, 0.05) is 12.1 Å². The SMILES string of the molecule is CCCCNC(=S=O)c1ccccc1C. The minimum Gasteiger partial charge on any atom is -0.277 e. The highest BCUT2D eigenvalue weighted by atomic mass is 32.1. The Hall–Kier alpha value is -0.930. The molecule has 0 bridgehead atoms. The van der Waals surface area contributed by atoms with E-state index in [1.807, 2.05) is 31.2 Å². The van der Waals surface area contributed by atoms with Crippen LogP contribution in [0.4, 0.5) is 0 Å². The van der Waals surface area contributed by atoms with Crippen LogP contribution in [0.1, 0.15) is 30.9 Å². The second-order valence-electron chi connectivity index (χ2n) is 3.51. The van der Waals surface area contributed by atoms with Crippen LogP contribution in [0.3, 0.4) is 0 Å². The molecule has 0 amide bonds. The molecule has 0 radical (unpaired) electrons. The van der Waals surface area contributed by atoms with Crippen LogP contribution in [0.15, 0.2) is 24.3 Å². The molecule has 0 heterocycles. The predicted octanol–water partition coefficient (Wildman–Crippen LogP) is 2.08. The van der Waals surface area contributed by atoms with Gasteiger partial charge in [-0.1, -0.05) is 37.6 Å². The minimum atomic E-state index is 0.543. The summed E-state index contributed by atoms with van der Waals surface area (Å²) in [7, 11) is 0. The van der Waals surface area contributed by atoms with E-state index in [1.54, 1.807) is 0 Å². The maximum absolute atomic E-state index is 11.0. The van der Waals surface area contributed by atoms with E-state index in [0.717, 1.165) is 35.5 Å². The number of hydrogen-bond acceptors (Lipinski definition) is 1. The first-order valence-electron chi connectivity index (χ1n) is 5.26. The van der Waals surface area contributed by atoms with Crippen molar-refractivity contribution in [3.05, 3.63) is 35.4 Å². The minimum absolute atomic E-state index is 0.543. The molecule has 15 heavy (non-hydrogen) atoms. The van der Waals surface area contributed by atoms with Crippen molar-refractivity contribution in [1.82, 2.24) is 5.32 Å². The fraction of sp³-hybridized carbons (Fsp3) is 0.417. The van der Waals surface area contributed by atoms with Gasteiger partial charge in [0.1, 0.15) is 16.2 Å². The Bertz CT molecular complexity index is 370. The Morgan fingerprint density at radius 3 is 2.73 bits per heavy atom. The standard InChI is InChI=1S/C12H17NOS/c1-3-4-9-13-12(15-14)11-8-6-5-7-10(11)2/h5-8,13H,3-4,9H2,1-2H3. The van der Waals surface area contributed by atoms with Crippen molar-refractivity contribution in [2.24, 2.45) is 0 Å². The molecule has 1 rings (SSSR count). The van der Waals surface area contributed by atoms with E-state index >= 15 is 0 Å². The zero-order valence-corrected chi connectivity index (χ0v) is 10.1. The van der Waals surface area contributed by atoms with E-state index < -0.39 is 0 Å². The lowest BCUT2D eigenvalue weighted by Gasteiger charge is -2.07. The Balaban J connectivity index is 2.76. The van der Waals surface area contributed by atoms with Gasteiger partial charge < -0.3 is 0 Å². The number of benzene rings is 1. The molecule has 0 aromatic heterocycles. The molecule has 82 valence electrons. The van der Waals surface area contributed by atoms with Crippen molar-refractivity contribution in [1.29, 1.82) is 0 Å². The highest BCUT2D eigenvalue weighted by Gasteiger charge is 2.04. The second-order valence-corrected chi connectivity index (χ2v) is 4.08. The summed E-state index contributed by atoms with van der Waals surface area (Å²) in [6.45, 7) is 5.03. The van der Waals surface area contributed by atoms with Crippen LogP contribution in [0.5, 0.6) is 0 Å². The van der Waals surface area contributed by atoms with Gasteiger partial charge in [0.2, 0.25) is 0 Å². The summed E-state index contributed by atoms with van der Waals surface area (Å²) in [5.74, 6) is 0. The van der Waals surface area contributed by atoms with Crippen molar-refractivity contribution >= 4 is 16.2 Å². The number of unbranched alkanes of at least 4 members (excludes halogenated alkanes) is 1. The monoisotopic (exact) mass is 223 g/mol. The van der Waals surface area contributed by atoms with Crippen LogP contribution in [0.25, 0.3) is 0 Å². The lowest BCUT2D eigenvalue weighted by atomic mass is 10.1. The number of nitrogens with one attached hydrogen (secondary N) is 1. The first-order chi connectivity index (χ1) is 7.29. The molecule has 1 aromatic rings. The fourth-order valence-electron chi connectivity index (χ4n) is 1.38. The Kier molecular flexibility index (Phi) is 5.29. The molecule has 0 atom stereocenters. The van der Waals surface area contributed by atoms with Crippen LogP contribution in [0.2, 0.25) is 0 Å². The average Bonchev–Trinajstić information content (AvgIpc) is 2.26. The molecular formula is C12H17NOS. The lowest BCUT2D eigenvalue weighted by molar-refractivity contribution is 0.699. The predicted molar refractivity (Wildman–Crippen MR) is 66.3 cm³/mol. The maximum atomic E-state index is 11.0. The number of rotatable bonds is 4. The topological polar surface area (TPSA) is 29.1 Å². The molecule has 0 fully saturated rings. The maximum Gasteiger partial charge on any atom is 0.117 e. The van der Waals surface area contributed by atoms with Gasteiger partial charge in [-0.15, -0.1) is 0 Å². The number of hydrogen-bond donors (Lipinski definition) is 1. The molecule has 3 heteroatoms. The Morgan fingerprint density at radius 2 is 2.13 bits per heavy atom. The van der Waals surface area contributed by atoms with Crippen LogP contribution < -0.4 is 5.32 Å². The smallest absolute Gasteiger partial charge is 0.117 e. The van der Waals surface area contributed by atoms with E-state index in [0.29, 0.717) is 11.3 Å². The molecule has 1 N–H and O–H groups in total. The zero-order valence-electron chi connectivity index (χ0n) is 9.25. The van der Waals surface area contributed by atoms with E-state index in [-0.39, 0.29) is 0 Å². The molecule has 2 nitrogen and oxygen atoms in total. The van der Waals surface area contributed by atoms with Crippen LogP contribution >= 0.6 is 0 Å². The molecule has 0 unspecified atom stereocenters. The normalized spacial score (nSPS) is 10.0. The Labute approximate surface area is 94.8 Å². The molecule has 0 aliphatic heterocycles. The van der Waals surface area contributed by atoms with E-state index in [2.05, 4.69) is 12.2 Å². The summed E-state index contributed by atoms with van der Waals surface area (Å²) < 4.78 is 11.0. The highest BCUT2D eigenvalue weighted by Crippen LogP contribution is 2.06. The quantitative estimate of drug-likeness (QED) is 0.625. The van der Waals surface area contributed by atoms with Crippen molar-refractivity contribution in [2.75, 3.05) is 6.54 Å². The molecule has 0 spiro atoms. The van der Waals surface area contributed by atoms with Crippen LogP contribution in [-0.2, 0) is 11.3 Å². The summed E-state index contributed by atoms with van der Waals surface area (Å²) in [5.41, 5.74) is 2.16. The van der Waals surface area contributed by atoms with Crippen LogP contribution in [-0.4, -0.2) is 15.7 Å². The largest absolute Gasteiger partial charge is 0.277 e. The van der Waals surface area contributed by atoms with E-state index in [9.17, 15) is 4.21 Å². The van der Waals surface area contributed by atoms with Gasteiger partial charge >= 0.3 is 0 Å². The third-order valence-electron chi connectivity index (χ3n) is 2.29. The van der Waals surface area contributed by atoms with Gasteiger partial charge in [-0.05, 0) is 18.9 Å². The van der Waals surface area contributed by atoms with Crippen molar-refractivity contribution in [3.8, 4) is 0 Å². The molecule has 0 aliphatic carbocycles. The van der Waals surface area contributed by atoms with Gasteiger partial charge in [0.15, 0.2) is 0 Å². The van der Waals surface area contributed by atoms with E-state index in [1.165, 1.54) is 0 Å². The molecule has 0 aliphatic rings. The number of aryl methyl sites for hydroxylation is 1. The van der Waals surface area contributed by atoms with E-state index in [4.69, 9.17) is 0 Å². The fourth-order valence-corrected chi connectivity index (χ4v) is 1.86. The summed E-state index contributed by atoms with van der Waals surface area (Å²) in [5, 5.41) is 3.19. The summed E-state index contributed by atoms with van der Waals surface area (Å²) in [6, 6.07) is 7.94.